The number of benzene rings is 1. The van der Waals surface area contributed by atoms with E-state index in [0.717, 1.165) is 6.42 Å². The number of halogens is 2. The van der Waals surface area contributed by atoms with E-state index < -0.39 is 17.8 Å². The summed E-state index contributed by atoms with van der Waals surface area (Å²) in [5.41, 5.74) is 6.69. The van der Waals surface area contributed by atoms with Crippen molar-refractivity contribution in [1.82, 2.24) is 0 Å². The third-order valence-corrected chi connectivity index (χ3v) is 6.66. The number of nitrogens with two attached hydrogens (primary N) is 1. The highest BCUT2D eigenvalue weighted by molar-refractivity contribution is 7.80. The summed E-state index contributed by atoms with van der Waals surface area (Å²) in [6.45, 7) is 0. The smallest absolute Gasteiger partial charge is 0.253 e. The van der Waals surface area contributed by atoms with Gasteiger partial charge in [0.1, 0.15) is 0 Å². The molecule has 0 heterocycles. The van der Waals surface area contributed by atoms with E-state index in [4.69, 9.17) is 18.0 Å². The minimum atomic E-state index is -2.55. The van der Waals surface area contributed by atoms with Crippen molar-refractivity contribution in [3.63, 3.8) is 0 Å². The van der Waals surface area contributed by atoms with Crippen LogP contribution >= 0.6 is 12.2 Å². The fourth-order valence-electron chi connectivity index (χ4n) is 5.43. The second-order valence-electron chi connectivity index (χ2n) is 7.35. The summed E-state index contributed by atoms with van der Waals surface area (Å²) < 4.78 is 29.1. The molecular formula is C17H19F2NS. The fraction of sp³-hybridized carbons (Fsp3) is 0.588. The first kappa shape index (κ1) is 13.6. The zero-order chi connectivity index (χ0) is 14.9. The summed E-state index contributed by atoms with van der Waals surface area (Å²) in [5, 5.41) is 0. The van der Waals surface area contributed by atoms with Crippen LogP contribution in [0.15, 0.2) is 30.3 Å². The van der Waals surface area contributed by atoms with Gasteiger partial charge >= 0.3 is 0 Å². The number of thiocarbonyl (C=S) groups is 1. The van der Waals surface area contributed by atoms with E-state index >= 15 is 0 Å². The largest absolute Gasteiger partial charge is 0.393 e. The van der Waals surface area contributed by atoms with Gasteiger partial charge in [-0.15, -0.1) is 0 Å². The van der Waals surface area contributed by atoms with Gasteiger partial charge in [0.25, 0.3) is 5.92 Å². The molecule has 0 aliphatic heterocycles. The Morgan fingerprint density at radius 3 is 2.14 bits per heavy atom. The van der Waals surface area contributed by atoms with E-state index in [1.54, 1.807) is 0 Å². The molecule has 4 aliphatic rings. The van der Waals surface area contributed by atoms with Crippen molar-refractivity contribution in [3.05, 3.63) is 35.9 Å². The highest BCUT2D eigenvalue weighted by atomic mass is 32.1. The summed E-state index contributed by atoms with van der Waals surface area (Å²) in [7, 11) is 0. The third kappa shape index (κ3) is 1.68. The molecule has 2 unspecified atom stereocenters. The van der Waals surface area contributed by atoms with Crippen LogP contribution in [0.1, 0.15) is 37.7 Å². The first-order valence-corrected chi connectivity index (χ1v) is 8.02. The van der Waals surface area contributed by atoms with Crippen LogP contribution in [0.3, 0.4) is 0 Å². The molecule has 4 bridgehead atoms. The van der Waals surface area contributed by atoms with Crippen molar-refractivity contribution in [2.24, 2.45) is 23.0 Å². The first-order valence-electron chi connectivity index (χ1n) is 7.61. The molecule has 0 spiro atoms. The number of rotatable bonds is 2. The van der Waals surface area contributed by atoms with E-state index in [9.17, 15) is 8.78 Å². The van der Waals surface area contributed by atoms with Crippen molar-refractivity contribution in [2.75, 3.05) is 0 Å². The molecule has 4 heteroatoms. The Bertz CT molecular complexity index is 580. The quantitative estimate of drug-likeness (QED) is 0.834. The van der Waals surface area contributed by atoms with Gasteiger partial charge in [-0.05, 0) is 43.1 Å². The highest BCUT2D eigenvalue weighted by Gasteiger charge is 2.69. The highest BCUT2D eigenvalue weighted by Crippen LogP contribution is 2.69. The van der Waals surface area contributed by atoms with Crippen LogP contribution in [-0.2, 0) is 5.41 Å². The van der Waals surface area contributed by atoms with Crippen LogP contribution in [0.2, 0.25) is 0 Å². The molecule has 4 fully saturated rings. The molecule has 2 N–H and O–H groups in total. The molecule has 4 aliphatic carbocycles. The predicted octanol–water partition coefficient (Wildman–Crippen LogP) is 4.06. The van der Waals surface area contributed by atoms with Crippen molar-refractivity contribution in [2.45, 2.75) is 43.4 Å². The monoisotopic (exact) mass is 307 g/mol. The molecule has 2 atom stereocenters. The van der Waals surface area contributed by atoms with Crippen molar-refractivity contribution in [3.8, 4) is 0 Å². The van der Waals surface area contributed by atoms with Crippen molar-refractivity contribution < 1.29 is 8.78 Å². The first-order chi connectivity index (χ1) is 9.88. The van der Waals surface area contributed by atoms with E-state index in [1.165, 1.54) is 5.56 Å². The molecule has 5 rings (SSSR count). The molecule has 21 heavy (non-hydrogen) atoms. The number of alkyl halides is 2. The molecule has 0 saturated heterocycles. The predicted molar refractivity (Wildman–Crippen MR) is 82.4 cm³/mol. The van der Waals surface area contributed by atoms with Gasteiger partial charge in [0.05, 0.1) is 4.99 Å². The summed E-state index contributed by atoms with van der Waals surface area (Å²) >= 11 is 5.29. The SMILES string of the molecule is NC(=S)C12CC3CC(c4ccccc4)(CC(C1)C3(F)F)C2. The number of hydrogen-bond donors (Lipinski definition) is 1. The normalized spacial score (nSPS) is 43.0. The summed E-state index contributed by atoms with van der Waals surface area (Å²) in [4.78, 5) is 0.452. The standard InChI is InChI=1S/C17H19F2NS/c18-17(19)12-6-15(11-4-2-1-3-5-11)7-13(17)9-16(8-12,10-15)14(20)21/h1-5,12-13H,6-10H2,(H2,20,21). The van der Waals surface area contributed by atoms with E-state index in [2.05, 4.69) is 12.1 Å². The molecule has 0 amide bonds. The van der Waals surface area contributed by atoms with Gasteiger partial charge in [-0.2, -0.15) is 0 Å². The van der Waals surface area contributed by atoms with Gasteiger partial charge in [0, 0.05) is 17.3 Å². The Labute approximate surface area is 128 Å². The second-order valence-corrected chi connectivity index (χ2v) is 7.79. The Hall–Kier alpha value is -1.03. The zero-order valence-corrected chi connectivity index (χ0v) is 12.6. The Morgan fingerprint density at radius 1 is 1.05 bits per heavy atom. The summed E-state index contributed by atoms with van der Waals surface area (Å²) in [5.74, 6) is -3.69. The molecule has 0 radical (unpaired) electrons. The average Bonchev–Trinajstić information content (AvgIpc) is 2.45. The molecular weight excluding hydrogens is 288 g/mol. The second kappa shape index (κ2) is 4.03. The molecule has 1 aromatic rings. The molecule has 0 aromatic heterocycles. The van der Waals surface area contributed by atoms with Crippen LogP contribution < -0.4 is 5.73 Å². The topological polar surface area (TPSA) is 26.0 Å². The summed E-state index contributed by atoms with van der Waals surface area (Å²) in [6, 6.07) is 10.1. The lowest BCUT2D eigenvalue weighted by atomic mass is 9.41. The van der Waals surface area contributed by atoms with Crippen LogP contribution in [-0.4, -0.2) is 10.9 Å². The lowest BCUT2D eigenvalue weighted by Gasteiger charge is -2.64. The van der Waals surface area contributed by atoms with Gasteiger partial charge in [-0.3, -0.25) is 0 Å². The molecule has 1 nitrogen and oxygen atoms in total. The van der Waals surface area contributed by atoms with Gasteiger partial charge in [-0.25, -0.2) is 8.78 Å². The molecule has 4 saturated carbocycles. The summed E-state index contributed by atoms with van der Waals surface area (Å²) in [6.07, 6.45) is 2.94. The Morgan fingerprint density at radius 2 is 1.62 bits per heavy atom. The lowest BCUT2D eigenvalue weighted by Crippen LogP contribution is -2.65. The molecule has 112 valence electrons. The minimum Gasteiger partial charge on any atom is -0.393 e. The van der Waals surface area contributed by atoms with Gasteiger partial charge in [-0.1, -0.05) is 42.5 Å². The molecule has 1 aromatic carbocycles. The van der Waals surface area contributed by atoms with E-state index in [-0.39, 0.29) is 10.8 Å². The zero-order valence-electron chi connectivity index (χ0n) is 11.8. The van der Waals surface area contributed by atoms with Crippen molar-refractivity contribution in [1.29, 1.82) is 0 Å². The minimum absolute atomic E-state index is 0.155. The maximum absolute atomic E-state index is 14.5. The third-order valence-electron chi connectivity index (χ3n) is 6.22. The Balaban J connectivity index is 1.84. The van der Waals surface area contributed by atoms with Crippen LogP contribution in [0.4, 0.5) is 8.78 Å². The maximum Gasteiger partial charge on any atom is 0.253 e. The van der Waals surface area contributed by atoms with Gasteiger partial charge < -0.3 is 5.73 Å². The average molecular weight is 307 g/mol. The lowest BCUT2D eigenvalue weighted by molar-refractivity contribution is -0.220. The van der Waals surface area contributed by atoms with Crippen molar-refractivity contribution >= 4 is 17.2 Å². The van der Waals surface area contributed by atoms with Crippen LogP contribution in [0.5, 0.6) is 0 Å². The van der Waals surface area contributed by atoms with Crippen LogP contribution in [0, 0.1) is 17.3 Å². The number of hydrogen-bond acceptors (Lipinski definition) is 1. The maximum atomic E-state index is 14.5. The van der Waals surface area contributed by atoms with Crippen LogP contribution in [0.25, 0.3) is 0 Å². The van der Waals surface area contributed by atoms with E-state index in [0.29, 0.717) is 30.7 Å². The van der Waals surface area contributed by atoms with E-state index in [1.807, 2.05) is 18.2 Å². The fourth-order valence-corrected chi connectivity index (χ4v) is 5.67. The van der Waals surface area contributed by atoms with Gasteiger partial charge in [0.15, 0.2) is 0 Å². The van der Waals surface area contributed by atoms with Gasteiger partial charge in [0.2, 0.25) is 0 Å². The Kier molecular flexibility index (Phi) is 2.62.